The zero-order valence-electron chi connectivity index (χ0n) is 35.2. The molecule has 1 saturated carbocycles. The van der Waals surface area contributed by atoms with Crippen LogP contribution in [0, 0.1) is 24.7 Å². The van der Waals surface area contributed by atoms with E-state index in [4.69, 9.17) is 14.2 Å². The molecule has 6 atom stereocenters. The largest absolute Gasteiger partial charge is 0.482 e. The number of nitrogens with zero attached hydrogens (tertiary/aromatic N) is 2. The number of benzene rings is 3. The van der Waals surface area contributed by atoms with E-state index in [1.165, 1.54) is 21.9 Å². The van der Waals surface area contributed by atoms with Crippen LogP contribution in [0.15, 0.2) is 97.3 Å². The van der Waals surface area contributed by atoms with Crippen LogP contribution >= 0.6 is 0 Å². The molecule has 3 N–H and O–H groups in total. The Kier molecular flexibility index (Phi) is 17.5. The zero-order valence-corrected chi connectivity index (χ0v) is 35.2. The van der Waals surface area contributed by atoms with Crippen LogP contribution in [0.4, 0.5) is 0 Å². The minimum Gasteiger partial charge on any atom is -0.482 e. The summed E-state index contributed by atoms with van der Waals surface area (Å²) in [7, 11) is 0. The summed E-state index contributed by atoms with van der Waals surface area (Å²) >= 11 is 0. The number of carbonyl (C=O) groups excluding carboxylic acids is 2. The normalized spacial score (nSPS) is 21.1. The van der Waals surface area contributed by atoms with Gasteiger partial charge < -0.3 is 29.5 Å². The average molecular weight is 821 g/mol. The molecule has 2 fully saturated rings. The first-order valence-corrected chi connectivity index (χ1v) is 22.0. The second-order valence-corrected chi connectivity index (χ2v) is 16.8. The van der Waals surface area contributed by atoms with Gasteiger partial charge in [0.25, 0.3) is 0 Å². The molecule has 2 aliphatic rings. The average Bonchev–Trinajstić information content (AvgIpc) is 3.81. The maximum atomic E-state index is 12.4. The number of pyridine rings is 1. The molecule has 2 heterocycles. The SMILES string of the molecule is Cc1ccc(CN2CC[C@@H](Cc3cccc4cnccc34)C2)cc1OCC(=O)OCCCOC(=O)CCC/C=C\C[C@@H]1[C@@H](CC[C@@H](O)CCc2ccccc2)[C@H](O)C[C@@H]1O. The van der Waals surface area contributed by atoms with Crippen LogP contribution in [-0.4, -0.2) is 88.4 Å². The molecule has 1 aliphatic carbocycles. The number of hydrogen-bond donors (Lipinski definition) is 3. The van der Waals surface area contributed by atoms with Gasteiger partial charge in [0.2, 0.25) is 0 Å². The van der Waals surface area contributed by atoms with E-state index < -0.39 is 24.3 Å². The number of aryl methyl sites for hydroxylation is 2. The molecule has 3 aromatic carbocycles. The maximum absolute atomic E-state index is 12.4. The van der Waals surface area contributed by atoms with Crippen molar-refractivity contribution in [2.24, 2.45) is 17.8 Å². The summed E-state index contributed by atoms with van der Waals surface area (Å²) in [6, 6.07) is 24.9. The van der Waals surface area contributed by atoms with Gasteiger partial charge in [-0.1, -0.05) is 72.8 Å². The van der Waals surface area contributed by atoms with E-state index in [1.807, 2.05) is 61.8 Å². The minimum atomic E-state index is -0.565. The van der Waals surface area contributed by atoms with E-state index in [0.717, 1.165) is 50.0 Å². The van der Waals surface area contributed by atoms with Crippen molar-refractivity contribution in [2.75, 3.05) is 32.9 Å². The Morgan fingerprint density at radius 2 is 1.72 bits per heavy atom. The molecule has 1 aliphatic heterocycles. The number of likely N-dealkylation sites (tertiary alicyclic amines) is 1. The van der Waals surface area contributed by atoms with Gasteiger partial charge >= 0.3 is 11.9 Å². The number of aliphatic hydroxyl groups excluding tert-OH is 3. The van der Waals surface area contributed by atoms with E-state index in [0.29, 0.717) is 63.0 Å². The molecule has 4 aromatic rings. The summed E-state index contributed by atoms with van der Waals surface area (Å²) < 4.78 is 16.5. The Morgan fingerprint density at radius 3 is 2.57 bits per heavy atom. The lowest BCUT2D eigenvalue weighted by molar-refractivity contribution is -0.147. The number of aromatic nitrogens is 1. The van der Waals surface area contributed by atoms with Gasteiger partial charge in [-0.15, -0.1) is 0 Å². The summed E-state index contributed by atoms with van der Waals surface area (Å²) in [6.07, 6.45) is 14.3. The molecular weight excluding hydrogens is 757 g/mol. The fourth-order valence-electron chi connectivity index (χ4n) is 8.89. The Morgan fingerprint density at radius 1 is 0.900 bits per heavy atom. The van der Waals surface area contributed by atoms with Crippen molar-refractivity contribution in [2.45, 2.75) is 109 Å². The number of aliphatic hydroxyl groups is 3. The van der Waals surface area contributed by atoms with Crippen molar-refractivity contribution in [3.8, 4) is 5.75 Å². The Balaban J connectivity index is 0.795. The lowest BCUT2D eigenvalue weighted by Crippen LogP contribution is -2.23. The van der Waals surface area contributed by atoms with Crippen LogP contribution in [0.1, 0.15) is 86.5 Å². The highest BCUT2D eigenvalue weighted by Crippen LogP contribution is 2.38. The number of fused-ring (bicyclic) bond motifs is 1. The fraction of sp³-hybridized carbons (Fsp3) is 0.500. The van der Waals surface area contributed by atoms with Crippen LogP contribution in [0.3, 0.4) is 0 Å². The number of allylic oxidation sites excluding steroid dienone is 2. The molecular formula is C50H64N2O8. The van der Waals surface area contributed by atoms with Crippen LogP contribution in [0.5, 0.6) is 5.75 Å². The summed E-state index contributed by atoms with van der Waals surface area (Å²) in [5.74, 6) is 0.412. The summed E-state index contributed by atoms with van der Waals surface area (Å²) in [6.45, 7) is 5.00. The third-order valence-electron chi connectivity index (χ3n) is 12.3. The van der Waals surface area contributed by atoms with Crippen molar-refractivity contribution in [1.29, 1.82) is 0 Å². The quantitative estimate of drug-likeness (QED) is 0.0388. The molecule has 0 bridgehead atoms. The van der Waals surface area contributed by atoms with Gasteiger partial charge in [-0.2, -0.15) is 0 Å². The third kappa shape index (κ3) is 14.0. The Bertz CT molecular complexity index is 1970. The number of ether oxygens (including phenoxy) is 3. The molecule has 6 rings (SSSR count). The van der Waals surface area contributed by atoms with Crippen LogP contribution in [-0.2, 0) is 38.4 Å². The molecule has 0 unspecified atom stereocenters. The third-order valence-corrected chi connectivity index (χ3v) is 12.3. The number of esters is 2. The van der Waals surface area contributed by atoms with E-state index in [2.05, 4.69) is 52.3 Å². The number of rotatable bonds is 23. The lowest BCUT2D eigenvalue weighted by atomic mass is 9.85. The lowest BCUT2D eigenvalue weighted by Gasteiger charge is -2.23. The second kappa shape index (κ2) is 23.4. The molecule has 0 spiro atoms. The molecule has 0 radical (unpaired) electrons. The highest BCUT2D eigenvalue weighted by molar-refractivity contribution is 5.84. The first-order chi connectivity index (χ1) is 29.2. The summed E-state index contributed by atoms with van der Waals surface area (Å²) in [5, 5.41) is 34.2. The van der Waals surface area contributed by atoms with Crippen LogP contribution in [0.2, 0.25) is 0 Å². The first kappa shape index (κ1) is 44.9. The van der Waals surface area contributed by atoms with Gasteiger partial charge in [0.05, 0.1) is 31.5 Å². The van der Waals surface area contributed by atoms with E-state index >= 15 is 0 Å². The van der Waals surface area contributed by atoms with E-state index in [9.17, 15) is 24.9 Å². The van der Waals surface area contributed by atoms with Crippen molar-refractivity contribution in [3.05, 3.63) is 120 Å². The summed E-state index contributed by atoms with van der Waals surface area (Å²) in [4.78, 5) is 31.5. The topological polar surface area (TPSA) is 139 Å². The highest BCUT2D eigenvalue weighted by Gasteiger charge is 2.40. The molecule has 1 aromatic heterocycles. The van der Waals surface area contributed by atoms with Crippen molar-refractivity contribution in [1.82, 2.24) is 9.88 Å². The standard InChI is InChI=1S/C50H64N2O8/c1-36-17-18-38(33-52-26-24-39(34-52)29-40-13-9-14-41-32-51-25-23-43(40)41)30-48(36)60-35-50(57)59-28-10-27-58-49(56)16-8-3-2-7-15-44-45(47(55)31-46(44)54)22-21-42(53)20-19-37-11-5-4-6-12-37/h2,4-7,9,11-14,17-18,23,25,30,32,39,42,44-47,53-55H,3,8,10,15-16,19-22,24,26-29,31,33-35H2,1H3/b7-2-/t39-,42-,44+,45+,46-,47+/m0/s1. The minimum absolute atomic E-state index is 0.0512. The van der Waals surface area contributed by atoms with Crippen LogP contribution in [0.25, 0.3) is 10.8 Å². The highest BCUT2D eigenvalue weighted by atomic mass is 16.6. The van der Waals surface area contributed by atoms with Crippen LogP contribution < -0.4 is 4.74 Å². The smallest absolute Gasteiger partial charge is 0.344 e. The van der Waals surface area contributed by atoms with Gasteiger partial charge in [0.15, 0.2) is 6.61 Å². The second-order valence-electron chi connectivity index (χ2n) is 16.8. The van der Waals surface area contributed by atoms with Gasteiger partial charge in [-0.3, -0.25) is 14.7 Å². The monoisotopic (exact) mass is 820 g/mol. The van der Waals surface area contributed by atoms with E-state index in [-0.39, 0.29) is 44.0 Å². The predicted octanol–water partition coefficient (Wildman–Crippen LogP) is 7.71. The van der Waals surface area contributed by atoms with E-state index in [1.54, 1.807) is 0 Å². The fourth-order valence-corrected chi connectivity index (χ4v) is 8.89. The Hall–Kier alpha value is -4.61. The van der Waals surface area contributed by atoms with Crippen molar-refractivity contribution in [3.63, 3.8) is 0 Å². The summed E-state index contributed by atoms with van der Waals surface area (Å²) in [5.41, 5.74) is 4.69. The van der Waals surface area contributed by atoms with Gasteiger partial charge in [-0.05, 0) is 135 Å². The molecule has 0 amide bonds. The maximum Gasteiger partial charge on any atom is 0.344 e. The number of hydrogen-bond acceptors (Lipinski definition) is 10. The molecule has 60 heavy (non-hydrogen) atoms. The van der Waals surface area contributed by atoms with Gasteiger partial charge in [-0.25, -0.2) is 4.79 Å². The van der Waals surface area contributed by atoms with Gasteiger partial charge in [0.1, 0.15) is 5.75 Å². The predicted molar refractivity (Wildman–Crippen MR) is 233 cm³/mol. The first-order valence-electron chi connectivity index (χ1n) is 22.0. The number of carbonyl (C=O) groups is 2. The molecule has 322 valence electrons. The van der Waals surface area contributed by atoms with Crippen molar-refractivity contribution < 1.29 is 39.1 Å². The molecule has 10 nitrogen and oxygen atoms in total. The number of unbranched alkanes of at least 4 members (excludes halogenated alkanes) is 1. The zero-order chi connectivity index (χ0) is 42.1. The Labute approximate surface area is 355 Å². The van der Waals surface area contributed by atoms with Crippen molar-refractivity contribution >= 4 is 22.7 Å². The van der Waals surface area contributed by atoms with Gasteiger partial charge in [0, 0.05) is 43.7 Å². The molecule has 10 heteroatoms. The molecule has 1 saturated heterocycles.